The fraction of sp³-hybridized carbons (Fsp3) is 0. The van der Waals surface area contributed by atoms with Crippen molar-refractivity contribution in [1.29, 1.82) is 0 Å². The van der Waals surface area contributed by atoms with Gasteiger partial charge in [0.1, 0.15) is 0 Å². The van der Waals surface area contributed by atoms with Gasteiger partial charge in [-0.05, 0) is 97.3 Å². The predicted molar refractivity (Wildman–Crippen MR) is 163 cm³/mol. The zero-order valence-corrected chi connectivity index (χ0v) is 25.6. The largest absolute Gasteiger partial charge is 0.0974 e. The lowest BCUT2D eigenvalue weighted by Crippen LogP contribution is -1.81. The van der Waals surface area contributed by atoms with Crippen molar-refractivity contribution in [3.63, 3.8) is 0 Å². The molecule has 0 aliphatic rings. The van der Waals surface area contributed by atoms with Gasteiger partial charge in [0.25, 0.3) is 0 Å². The molecule has 0 aromatic carbocycles. The number of hydrogen-bond donors (Lipinski definition) is 0. The molecule has 0 saturated heterocycles. The van der Waals surface area contributed by atoms with Crippen LogP contribution in [0.4, 0.5) is 0 Å². The second kappa shape index (κ2) is 16.6. The average molecular weight is 1010 g/mol. The lowest BCUT2D eigenvalue weighted by atomic mass is 10.2. The van der Waals surface area contributed by atoms with Gasteiger partial charge in [-0.25, -0.2) is 0 Å². The molecule has 0 aliphatic carbocycles. The molecule has 0 aromatic heterocycles. The summed E-state index contributed by atoms with van der Waals surface area (Å²) in [6, 6.07) is 0. The highest BCUT2D eigenvalue weighted by Gasteiger charge is 1.98. The third-order valence-corrected chi connectivity index (χ3v) is 4.62. The Balaban J connectivity index is 6.11. The van der Waals surface area contributed by atoms with E-state index in [4.69, 9.17) is 0 Å². The number of hydrogen-bond acceptors (Lipinski definition) is 0. The summed E-state index contributed by atoms with van der Waals surface area (Å²) in [4.78, 5) is 0. The Morgan fingerprint density at radius 1 is 0.500 bits per heavy atom. The highest BCUT2D eigenvalue weighted by molar-refractivity contribution is 14.1. The Labute approximate surface area is 236 Å². The molecule has 0 N–H and O–H groups in total. The molecule has 0 fully saturated rings. The smallest absolute Gasteiger partial charge is 0.0770 e. The number of halogens is 6. The van der Waals surface area contributed by atoms with E-state index in [2.05, 4.69) is 146 Å². The van der Waals surface area contributed by atoms with Gasteiger partial charge in [-0.1, -0.05) is 48.7 Å². The topological polar surface area (TPSA) is 0 Å². The summed E-state index contributed by atoms with van der Waals surface area (Å²) in [5.41, 5.74) is 1.83. The zero-order chi connectivity index (χ0) is 19.9. The summed E-state index contributed by atoms with van der Waals surface area (Å²) < 4.78 is 10.6. The van der Waals surface area contributed by atoms with Crippen molar-refractivity contribution in [1.82, 2.24) is 0 Å². The van der Waals surface area contributed by atoms with Crippen molar-refractivity contribution in [3.05, 3.63) is 40.6 Å². The minimum absolute atomic E-state index is 0.548. The molecule has 0 spiro atoms. The maximum Gasteiger partial charge on any atom is 0.0974 e. The van der Waals surface area contributed by atoms with Crippen LogP contribution in [-0.2, 0) is 0 Å². The third-order valence-electron chi connectivity index (χ3n) is 1.93. The molecule has 0 unspecified atom stereocenters. The van der Waals surface area contributed by atoms with E-state index in [1.165, 1.54) is 0 Å². The van der Waals surface area contributed by atoms with Gasteiger partial charge in [0.2, 0.25) is 0 Å². The van der Waals surface area contributed by atoms with Crippen molar-refractivity contribution in [2.45, 2.75) is 0 Å². The first-order valence-corrected chi connectivity index (χ1v) is 12.6. The van der Waals surface area contributed by atoms with Gasteiger partial charge in [-0.2, -0.15) is 0 Å². The molecule has 0 nitrogen and oxygen atoms in total. The molecule has 0 heterocycles. The lowest BCUT2D eigenvalue weighted by Gasteiger charge is -1.91. The Morgan fingerprint density at radius 2 is 0.923 bits per heavy atom. The van der Waals surface area contributed by atoms with Gasteiger partial charge < -0.3 is 0 Å². The van der Waals surface area contributed by atoms with Crippen molar-refractivity contribution in [2.75, 3.05) is 0 Å². The Hall–Kier alpha value is 0.700. The molecule has 0 amide bonds. The number of allylic oxidation sites excluding steroid dienone is 6. The fourth-order valence-corrected chi connectivity index (χ4v) is 2.78. The van der Waals surface area contributed by atoms with Crippen LogP contribution < -0.4 is 0 Å². The molecular formula is C20H4I6. The van der Waals surface area contributed by atoms with Gasteiger partial charge in [0.15, 0.2) is 0 Å². The van der Waals surface area contributed by atoms with Gasteiger partial charge >= 0.3 is 0 Å². The predicted octanol–water partition coefficient (Wildman–Crippen LogP) is 7.07. The van der Waals surface area contributed by atoms with E-state index < -0.39 is 0 Å². The monoisotopic (exact) mass is 1010 g/mol. The van der Waals surface area contributed by atoms with Crippen LogP contribution in [0, 0.1) is 65.1 Å². The highest BCUT2D eigenvalue weighted by atomic mass is 127. The van der Waals surface area contributed by atoms with Crippen molar-refractivity contribution in [3.8, 4) is 65.1 Å². The molecule has 0 aromatic rings. The molecule has 0 radical (unpaired) electrons. The first kappa shape index (κ1) is 26.7. The summed E-state index contributed by atoms with van der Waals surface area (Å²) in [7, 11) is 0. The van der Waals surface area contributed by atoms with Crippen LogP contribution in [0.1, 0.15) is 0 Å². The molecule has 126 valence electrons. The highest BCUT2D eigenvalue weighted by Crippen LogP contribution is 2.15. The van der Waals surface area contributed by atoms with Gasteiger partial charge in [0, 0.05) is 67.8 Å². The van der Waals surface area contributed by atoms with E-state index in [-0.39, 0.29) is 0 Å². The van der Waals surface area contributed by atoms with Gasteiger partial charge in [-0.3, -0.25) is 0 Å². The summed E-state index contributed by atoms with van der Waals surface area (Å²) in [5, 5.41) is 0. The van der Waals surface area contributed by atoms with Crippen LogP contribution >= 0.6 is 136 Å². The summed E-state index contributed by atoms with van der Waals surface area (Å²) >= 11 is 12.2. The van der Waals surface area contributed by atoms with Crippen LogP contribution in [0.2, 0.25) is 0 Å². The van der Waals surface area contributed by atoms with Crippen LogP contribution in [0.5, 0.6) is 0 Å². The van der Waals surface area contributed by atoms with Crippen LogP contribution in [0.15, 0.2) is 40.6 Å². The van der Waals surface area contributed by atoms with E-state index >= 15 is 0 Å². The Morgan fingerprint density at radius 3 is 1.35 bits per heavy atom. The molecule has 6 heteroatoms. The van der Waals surface area contributed by atoms with E-state index in [0.717, 1.165) is 10.7 Å². The van der Waals surface area contributed by atoms with Gasteiger partial charge in [0.05, 0.1) is 27.5 Å². The quantitative estimate of drug-likeness (QED) is 0.180. The molecule has 0 atom stereocenters. The minimum Gasteiger partial charge on any atom is -0.0770 e. The lowest BCUT2D eigenvalue weighted by molar-refractivity contribution is 1.84. The van der Waals surface area contributed by atoms with Crippen molar-refractivity contribution < 1.29 is 0 Å². The van der Waals surface area contributed by atoms with E-state index in [0.29, 0.717) is 16.7 Å². The zero-order valence-electron chi connectivity index (χ0n) is 12.7. The van der Waals surface area contributed by atoms with E-state index in [1.807, 2.05) is 67.8 Å². The molecule has 26 heavy (non-hydrogen) atoms. The molecular weight excluding hydrogens is 1000 g/mol. The van der Waals surface area contributed by atoms with Crippen LogP contribution in [0.25, 0.3) is 0 Å². The molecule has 0 bridgehead atoms. The van der Waals surface area contributed by atoms with Gasteiger partial charge in [-0.15, -0.1) is 0 Å². The maximum absolute atomic E-state index is 3.78. The average Bonchev–Trinajstić information content (AvgIpc) is 2.59. The summed E-state index contributed by atoms with van der Waals surface area (Å²) in [6.45, 7) is 7.53. The van der Waals surface area contributed by atoms with Crippen molar-refractivity contribution in [2.24, 2.45) is 0 Å². The van der Waals surface area contributed by atoms with Crippen LogP contribution in [0.3, 0.4) is 0 Å². The summed E-state index contributed by atoms with van der Waals surface area (Å²) in [5.74, 6) is 26.6. The van der Waals surface area contributed by atoms with E-state index in [9.17, 15) is 0 Å². The van der Waals surface area contributed by atoms with E-state index in [1.54, 1.807) is 0 Å². The first-order chi connectivity index (χ1) is 12.3. The second-order valence-corrected chi connectivity index (χ2v) is 8.75. The first-order valence-electron chi connectivity index (χ1n) is 6.09. The normalized spacial score (nSPS) is 9.62. The molecule has 0 rings (SSSR count). The number of rotatable bonds is 0. The fourth-order valence-electron chi connectivity index (χ4n) is 0.968. The molecule has 0 aliphatic heterocycles. The van der Waals surface area contributed by atoms with Crippen LogP contribution in [-0.4, -0.2) is 0 Å². The maximum atomic E-state index is 3.78. The summed E-state index contributed by atoms with van der Waals surface area (Å²) in [6.07, 6.45) is 0. The Bertz CT molecular complexity index is 1050. The third kappa shape index (κ3) is 13.0. The molecule has 0 saturated carbocycles. The Kier molecular flexibility index (Phi) is 17.1. The SMILES string of the molecule is C=C(I)C#C/C(C#CI)=C(\I)C#C/C(C#CI)=C(\I)C#CC(=C)C#CI. The minimum atomic E-state index is 0.548. The standard InChI is InChI=1S/C20H4I6/c1-15(9-12-21)3-7-19(25)18(11-14-23)6-8-20(26)17(10-13-22)5-4-16(2)24/h1-2H2/b19-18+,20-17+. The van der Waals surface area contributed by atoms with Crippen molar-refractivity contribution >= 4 is 136 Å². The second-order valence-electron chi connectivity index (χ2n) is 3.67.